The van der Waals surface area contributed by atoms with E-state index in [9.17, 15) is 24.0 Å². The highest BCUT2D eigenvalue weighted by molar-refractivity contribution is 6.24. The van der Waals surface area contributed by atoms with E-state index in [-0.39, 0.29) is 54.4 Å². The monoisotopic (exact) mass is 442 g/mol. The summed E-state index contributed by atoms with van der Waals surface area (Å²) in [7, 11) is 0. The van der Waals surface area contributed by atoms with E-state index < -0.39 is 23.6 Å². The molecule has 0 aromatic heterocycles. The van der Waals surface area contributed by atoms with Gasteiger partial charge in [-0.1, -0.05) is 45.1 Å². The Balaban J connectivity index is 1.56. The van der Waals surface area contributed by atoms with Gasteiger partial charge >= 0.3 is 0 Å². The topological polar surface area (TPSA) is 110 Å². The molecule has 1 unspecified atom stereocenters. The minimum absolute atomic E-state index is 0.0610. The molecule has 3 rings (SSSR count). The van der Waals surface area contributed by atoms with Crippen LogP contribution in [-0.2, 0) is 14.4 Å². The van der Waals surface area contributed by atoms with Crippen LogP contribution >= 0.6 is 0 Å². The molecule has 0 spiro atoms. The second-order valence-corrected chi connectivity index (χ2v) is 8.30. The van der Waals surface area contributed by atoms with Gasteiger partial charge in [0.1, 0.15) is 11.5 Å². The predicted molar refractivity (Wildman–Crippen MR) is 116 cm³/mol. The van der Waals surface area contributed by atoms with Gasteiger partial charge in [0.2, 0.25) is 0 Å². The summed E-state index contributed by atoms with van der Waals surface area (Å²) in [6.45, 7) is 2.46. The number of unbranched alkanes of at least 4 members (excludes halogenated alkanes) is 5. The first-order valence-corrected chi connectivity index (χ1v) is 11.4. The largest absolute Gasteiger partial charge is 0.483 e. The lowest BCUT2D eigenvalue weighted by atomic mass is 9.92. The van der Waals surface area contributed by atoms with Crippen molar-refractivity contribution in [3.05, 3.63) is 29.3 Å². The van der Waals surface area contributed by atoms with Crippen LogP contribution in [0.3, 0.4) is 0 Å². The number of hydrogen-bond acceptors (Lipinski definition) is 6. The Morgan fingerprint density at radius 2 is 1.81 bits per heavy atom. The third kappa shape index (κ3) is 5.41. The highest BCUT2D eigenvalue weighted by Crippen LogP contribution is 2.34. The number of fused-ring (bicyclic) bond motifs is 1. The molecule has 1 aromatic rings. The van der Waals surface area contributed by atoms with Crippen molar-refractivity contribution in [1.82, 2.24) is 10.2 Å². The van der Waals surface area contributed by atoms with Crippen LogP contribution in [0.25, 0.3) is 0 Å². The zero-order valence-corrected chi connectivity index (χ0v) is 18.5. The molecule has 8 nitrogen and oxygen atoms in total. The maximum atomic E-state index is 13.0. The van der Waals surface area contributed by atoms with Crippen LogP contribution in [0.2, 0.25) is 0 Å². The standard InChI is InChI=1S/C24H30N2O6/c1-2-3-4-5-6-7-13-25-21(29)15-32-20-10-8-9-17-22(20)24(31)26(23(17)30)18-12-11-16(27)14-19(18)28/h8-10,18H,2-7,11-15H2,1H3,(H,25,29). The van der Waals surface area contributed by atoms with Gasteiger partial charge in [0.05, 0.1) is 23.6 Å². The Labute approximate surface area is 187 Å². The Bertz CT molecular complexity index is 910. The number of ether oxygens (including phenoxy) is 1. The first-order valence-electron chi connectivity index (χ1n) is 11.4. The number of carbonyl (C=O) groups excluding carboxylic acids is 5. The molecule has 3 amide bonds. The molecule has 1 aromatic carbocycles. The van der Waals surface area contributed by atoms with E-state index in [1.807, 2.05) is 0 Å². The molecule has 1 heterocycles. The second-order valence-electron chi connectivity index (χ2n) is 8.30. The maximum absolute atomic E-state index is 13.0. The summed E-state index contributed by atoms with van der Waals surface area (Å²) in [6, 6.07) is 3.66. The lowest BCUT2D eigenvalue weighted by Crippen LogP contribution is -2.47. The molecule has 1 saturated carbocycles. The molecule has 0 bridgehead atoms. The second kappa shape index (κ2) is 11.0. The zero-order valence-electron chi connectivity index (χ0n) is 18.5. The van der Waals surface area contributed by atoms with Gasteiger partial charge in [-0.25, -0.2) is 0 Å². The number of Topliss-reactive ketones (excluding diaryl/α,β-unsaturated/α-hetero) is 2. The maximum Gasteiger partial charge on any atom is 0.266 e. The van der Waals surface area contributed by atoms with Gasteiger partial charge in [0, 0.05) is 13.0 Å². The summed E-state index contributed by atoms with van der Waals surface area (Å²) in [5.74, 6) is -1.97. The minimum atomic E-state index is -0.937. The molecule has 1 atom stereocenters. The van der Waals surface area contributed by atoms with Crippen molar-refractivity contribution in [2.45, 2.75) is 70.8 Å². The fraction of sp³-hybridized carbons (Fsp3) is 0.542. The molecule has 32 heavy (non-hydrogen) atoms. The third-order valence-corrected chi connectivity index (χ3v) is 5.87. The molecular weight excluding hydrogens is 412 g/mol. The summed E-state index contributed by atoms with van der Waals surface area (Å²) in [6.07, 6.45) is 6.78. The number of nitrogens with one attached hydrogen (secondary N) is 1. The van der Waals surface area contributed by atoms with Crippen LogP contribution in [0.1, 0.15) is 85.4 Å². The Kier molecular flexibility index (Phi) is 8.14. The molecule has 0 radical (unpaired) electrons. The molecule has 0 saturated heterocycles. The molecule has 1 aliphatic carbocycles. The van der Waals surface area contributed by atoms with E-state index in [4.69, 9.17) is 4.74 Å². The lowest BCUT2D eigenvalue weighted by Gasteiger charge is -2.27. The smallest absolute Gasteiger partial charge is 0.266 e. The van der Waals surface area contributed by atoms with E-state index in [1.165, 1.54) is 31.4 Å². The number of rotatable bonds is 11. The van der Waals surface area contributed by atoms with Crippen LogP contribution in [0, 0.1) is 0 Å². The van der Waals surface area contributed by atoms with E-state index in [1.54, 1.807) is 6.07 Å². The van der Waals surface area contributed by atoms with Gasteiger partial charge in [-0.05, 0) is 25.0 Å². The van der Waals surface area contributed by atoms with Gasteiger partial charge in [0.25, 0.3) is 17.7 Å². The van der Waals surface area contributed by atoms with Crippen molar-refractivity contribution in [1.29, 1.82) is 0 Å². The molecule has 172 valence electrons. The van der Waals surface area contributed by atoms with Crippen molar-refractivity contribution < 1.29 is 28.7 Å². The van der Waals surface area contributed by atoms with E-state index >= 15 is 0 Å². The number of hydrogen-bond donors (Lipinski definition) is 1. The zero-order chi connectivity index (χ0) is 23.1. The predicted octanol–water partition coefficient (Wildman–Crippen LogP) is 2.83. The first-order chi connectivity index (χ1) is 15.4. The van der Waals surface area contributed by atoms with Crippen LogP contribution in [0.4, 0.5) is 0 Å². The normalized spacial score (nSPS) is 18.2. The number of carbonyl (C=O) groups is 5. The molecule has 1 aliphatic heterocycles. The number of ketones is 2. The summed E-state index contributed by atoms with van der Waals surface area (Å²) < 4.78 is 5.57. The van der Waals surface area contributed by atoms with Gasteiger partial charge in [-0.15, -0.1) is 0 Å². The minimum Gasteiger partial charge on any atom is -0.483 e. The molecule has 1 N–H and O–H groups in total. The van der Waals surface area contributed by atoms with Crippen molar-refractivity contribution in [3.63, 3.8) is 0 Å². The van der Waals surface area contributed by atoms with E-state index in [2.05, 4.69) is 12.2 Å². The van der Waals surface area contributed by atoms with Gasteiger partial charge in [-0.3, -0.25) is 28.9 Å². The lowest BCUT2D eigenvalue weighted by molar-refractivity contribution is -0.132. The Morgan fingerprint density at radius 3 is 2.56 bits per heavy atom. The highest BCUT2D eigenvalue weighted by atomic mass is 16.5. The average Bonchev–Trinajstić information content (AvgIpc) is 3.02. The molecular formula is C24H30N2O6. The quantitative estimate of drug-likeness (QED) is 0.321. The SMILES string of the molecule is CCCCCCCCNC(=O)COc1cccc2c1C(=O)N(C1CCC(=O)CC1=O)C2=O. The number of benzene rings is 1. The fourth-order valence-electron chi connectivity index (χ4n) is 4.14. The number of imide groups is 1. The van der Waals surface area contributed by atoms with Crippen LogP contribution in [0.5, 0.6) is 5.75 Å². The summed E-state index contributed by atoms with van der Waals surface area (Å²) in [5.41, 5.74) is 0.204. The van der Waals surface area contributed by atoms with Crippen molar-refractivity contribution in [3.8, 4) is 5.75 Å². The van der Waals surface area contributed by atoms with Gasteiger partial charge in [-0.2, -0.15) is 0 Å². The van der Waals surface area contributed by atoms with Gasteiger partial charge in [0.15, 0.2) is 12.4 Å². The van der Waals surface area contributed by atoms with Crippen molar-refractivity contribution >= 4 is 29.3 Å². The molecule has 1 fully saturated rings. The third-order valence-electron chi connectivity index (χ3n) is 5.87. The number of amides is 3. The average molecular weight is 443 g/mol. The molecule has 8 heteroatoms. The van der Waals surface area contributed by atoms with E-state index in [0.717, 1.165) is 24.2 Å². The fourth-order valence-corrected chi connectivity index (χ4v) is 4.14. The van der Waals surface area contributed by atoms with Crippen LogP contribution < -0.4 is 10.1 Å². The summed E-state index contributed by atoms with van der Waals surface area (Å²) in [5, 5.41) is 2.80. The van der Waals surface area contributed by atoms with E-state index in [0.29, 0.717) is 6.54 Å². The number of nitrogens with zero attached hydrogens (tertiary/aromatic N) is 1. The van der Waals surface area contributed by atoms with Crippen molar-refractivity contribution in [2.24, 2.45) is 0 Å². The highest BCUT2D eigenvalue weighted by Gasteiger charge is 2.45. The summed E-state index contributed by atoms with van der Waals surface area (Å²) in [4.78, 5) is 62.7. The molecule has 2 aliphatic rings. The van der Waals surface area contributed by atoms with Crippen LogP contribution in [-0.4, -0.2) is 53.4 Å². The Morgan fingerprint density at radius 1 is 1.06 bits per heavy atom. The van der Waals surface area contributed by atoms with Crippen LogP contribution in [0.15, 0.2) is 18.2 Å². The summed E-state index contributed by atoms with van der Waals surface area (Å²) >= 11 is 0. The van der Waals surface area contributed by atoms with Gasteiger partial charge < -0.3 is 10.1 Å². The first kappa shape index (κ1) is 23.6. The van der Waals surface area contributed by atoms with Crippen molar-refractivity contribution in [2.75, 3.05) is 13.2 Å². The Hall–Kier alpha value is -3.03.